The van der Waals surface area contributed by atoms with Gasteiger partial charge in [0.15, 0.2) is 11.5 Å². The van der Waals surface area contributed by atoms with Crippen LogP contribution in [0.3, 0.4) is 0 Å². The quantitative estimate of drug-likeness (QED) is 0.721. The van der Waals surface area contributed by atoms with Gasteiger partial charge < -0.3 is 14.8 Å². The highest BCUT2D eigenvalue weighted by atomic mass is 32.2. The van der Waals surface area contributed by atoms with Gasteiger partial charge in [0.1, 0.15) is 19.3 Å². The fourth-order valence-corrected chi connectivity index (χ4v) is 4.55. The average Bonchev–Trinajstić information content (AvgIpc) is 2.67. The van der Waals surface area contributed by atoms with Crippen molar-refractivity contribution in [2.75, 3.05) is 35.3 Å². The zero-order chi connectivity index (χ0) is 20.3. The molecule has 2 aromatic rings. The first-order chi connectivity index (χ1) is 13.3. The van der Waals surface area contributed by atoms with Crippen LogP contribution in [0.25, 0.3) is 0 Å². The summed E-state index contributed by atoms with van der Waals surface area (Å²) in [6.45, 7) is 2.37. The van der Waals surface area contributed by atoms with Gasteiger partial charge in [-0.25, -0.2) is 8.42 Å². The fraction of sp³-hybridized carbons (Fsp3) is 0.316. The third-order valence-corrected chi connectivity index (χ3v) is 6.17. The van der Waals surface area contributed by atoms with Crippen LogP contribution in [0.2, 0.25) is 0 Å². The van der Waals surface area contributed by atoms with E-state index in [4.69, 9.17) is 9.47 Å². The van der Waals surface area contributed by atoms with Gasteiger partial charge in [-0.3, -0.25) is 9.10 Å². The maximum atomic E-state index is 12.8. The Morgan fingerprint density at radius 2 is 1.86 bits per heavy atom. The van der Waals surface area contributed by atoms with E-state index in [-0.39, 0.29) is 0 Å². The summed E-state index contributed by atoms with van der Waals surface area (Å²) in [5, 5.41) is 2.79. The van der Waals surface area contributed by atoms with Gasteiger partial charge in [0.05, 0.1) is 11.9 Å². The van der Waals surface area contributed by atoms with E-state index >= 15 is 0 Å². The Kier molecular flexibility index (Phi) is 6.04. The highest BCUT2D eigenvalue weighted by Gasteiger charge is 2.30. The predicted octanol–water partition coefficient (Wildman–Crippen LogP) is 2.97. The maximum Gasteiger partial charge on any atom is 0.247 e. The third kappa shape index (κ3) is 4.53. The first-order valence-corrected chi connectivity index (χ1v) is 11.7. The van der Waals surface area contributed by atoms with E-state index in [0.717, 1.165) is 15.5 Å². The number of carbonyl (C=O) groups is 1. The molecule has 0 radical (unpaired) electrons. The molecule has 0 bridgehead atoms. The lowest BCUT2D eigenvalue weighted by Gasteiger charge is -2.29. The SMILES string of the molecule is CSc1cccc(NC(=O)[C@H](C)N(c2ccc3c(c2)OCCO3)S(C)(=O)=O)c1. The lowest BCUT2D eigenvalue weighted by atomic mass is 10.2. The molecule has 0 unspecified atom stereocenters. The molecule has 3 rings (SSSR count). The second kappa shape index (κ2) is 8.32. The molecule has 0 saturated heterocycles. The molecule has 7 nitrogen and oxygen atoms in total. The number of rotatable bonds is 6. The lowest BCUT2D eigenvalue weighted by Crippen LogP contribution is -2.45. The van der Waals surface area contributed by atoms with E-state index in [2.05, 4.69) is 5.32 Å². The zero-order valence-corrected chi connectivity index (χ0v) is 17.5. The van der Waals surface area contributed by atoms with E-state index in [0.29, 0.717) is 36.1 Å². The Morgan fingerprint density at radius 1 is 1.14 bits per heavy atom. The molecular formula is C19H22N2O5S2. The van der Waals surface area contributed by atoms with Gasteiger partial charge in [-0.2, -0.15) is 0 Å². The second-order valence-corrected chi connectivity index (χ2v) is 9.02. The summed E-state index contributed by atoms with van der Waals surface area (Å²) < 4.78 is 37.0. The van der Waals surface area contributed by atoms with E-state index in [1.807, 2.05) is 24.5 Å². The molecule has 0 saturated carbocycles. The van der Waals surface area contributed by atoms with Crippen molar-refractivity contribution in [3.8, 4) is 11.5 Å². The van der Waals surface area contributed by atoms with Gasteiger partial charge in [-0.05, 0) is 43.5 Å². The van der Waals surface area contributed by atoms with Crippen LogP contribution >= 0.6 is 11.8 Å². The number of sulfonamides is 1. The first-order valence-electron chi connectivity index (χ1n) is 8.63. The first kappa shape index (κ1) is 20.3. The van der Waals surface area contributed by atoms with Gasteiger partial charge >= 0.3 is 0 Å². The normalized spacial score (nSPS) is 14.2. The Labute approximate surface area is 169 Å². The van der Waals surface area contributed by atoms with Crippen molar-refractivity contribution in [3.05, 3.63) is 42.5 Å². The molecule has 28 heavy (non-hydrogen) atoms. The van der Waals surface area contributed by atoms with Crippen molar-refractivity contribution >= 4 is 39.1 Å². The van der Waals surface area contributed by atoms with Crippen molar-refractivity contribution in [2.24, 2.45) is 0 Å². The van der Waals surface area contributed by atoms with Crippen LogP contribution in [0, 0.1) is 0 Å². The molecule has 1 N–H and O–H groups in total. The van der Waals surface area contributed by atoms with Gasteiger partial charge in [-0.15, -0.1) is 11.8 Å². The third-order valence-electron chi connectivity index (χ3n) is 4.21. The lowest BCUT2D eigenvalue weighted by molar-refractivity contribution is -0.116. The van der Waals surface area contributed by atoms with E-state index < -0.39 is 22.0 Å². The highest BCUT2D eigenvalue weighted by Crippen LogP contribution is 2.35. The topological polar surface area (TPSA) is 84.9 Å². The number of amides is 1. The van der Waals surface area contributed by atoms with Gasteiger partial charge in [-0.1, -0.05) is 6.07 Å². The minimum atomic E-state index is -3.72. The van der Waals surface area contributed by atoms with Crippen LogP contribution in [0.1, 0.15) is 6.92 Å². The van der Waals surface area contributed by atoms with Crippen LogP contribution in [0.5, 0.6) is 11.5 Å². The minimum Gasteiger partial charge on any atom is -0.486 e. The van der Waals surface area contributed by atoms with Crippen molar-refractivity contribution in [1.82, 2.24) is 0 Å². The number of thioether (sulfide) groups is 1. The number of ether oxygens (including phenoxy) is 2. The number of fused-ring (bicyclic) bond motifs is 1. The summed E-state index contributed by atoms with van der Waals surface area (Å²) in [5.41, 5.74) is 0.951. The van der Waals surface area contributed by atoms with Crippen LogP contribution in [-0.2, 0) is 14.8 Å². The largest absolute Gasteiger partial charge is 0.486 e. The molecule has 0 spiro atoms. The maximum absolute atomic E-state index is 12.8. The summed E-state index contributed by atoms with van der Waals surface area (Å²) in [5.74, 6) is 0.575. The number of anilines is 2. The van der Waals surface area contributed by atoms with E-state index in [9.17, 15) is 13.2 Å². The Balaban J connectivity index is 1.88. The minimum absolute atomic E-state index is 0.340. The van der Waals surface area contributed by atoms with Crippen LogP contribution in [-0.4, -0.2) is 46.1 Å². The molecule has 1 aliphatic heterocycles. The molecule has 1 atom stereocenters. The standard InChI is InChI=1S/C19H22N2O5S2/c1-13(19(22)20-14-5-4-6-16(11-14)27-2)21(28(3,23)24)15-7-8-17-18(12-15)26-10-9-25-17/h4-8,11-13H,9-10H2,1-3H3,(H,20,22)/t13-/m0/s1. The monoisotopic (exact) mass is 422 g/mol. The summed E-state index contributed by atoms with van der Waals surface area (Å²) in [6.07, 6.45) is 3.01. The number of carbonyl (C=O) groups excluding carboxylic acids is 1. The second-order valence-electron chi connectivity index (χ2n) is 6.28. The van der Waals surface area contributed by atoms with Crippen LogP contribution in [0.4, 0.5) is 11.4 Å². The summed E-state index contributed by atoms with van der Waals surface area (Å²) in [6, 6.07) is 11.2. The van der Waals surface area contributed by atoms with Gasteiger partial charge in [0.2, 0.25) is 15.9 Å². The molecule has 9 heteroatoms. The molecule has 1 aliphatic rings. The highest BCUT2D eigenvalue weighted by molar-refractivity contribution is 7.98. The molecule has 0 aromatic heterocycles. The Morgan fingerprint density at radius 3 is 2.54 bits per heavy atom. The smallest absolute Gasteiger partial charge is 0.247 e. The van der Waals surface area contributed by atoms with E-state index in [1.165, 1.54) is 0 Å². The molecule has 0 aliphatic carbocycles. The van der Waals surface area contributed by atoms with Crippen molar-refractivity contribution in [1.29, 1.82) is 0 Å². The molecule has 1 heterocycles. The Hall–Kier alpha value is -2.39. The van der Waals surface area contributed by atoms with Crippen molar-refractivity contribution in [2.45, 2.75) is 17.9 Å². The Bertz CT molecular complexity index is 978. The summed E-state index contributed by atoms with van der Waals surface area (Å²) in [4.78, 5) is 13.8. The predicted molar refractivity (Wildman–Crippen MR) is 111 cm³/mol. The fourth-order valence-electron chi connectivity index (χ4n) is 2.93. The molecule has 150 valence electrons. The number of hydrogen-bond donors (Lipinski definition) is 1. The number of nitrogens with zero attached hydrogens (tertiary/aromatic N) is 1. The van der Waals surface area contributed by atoms with Gasteiger partial charge in [0.25, 0.3) is 0 Å². The molecular weight excluding hydrogens is 400 g/mol. The van der Waals surface area contributed by atoms with Gasteiger partial charge in [0, 0.05) is 16.6 Å². The summed E-state index contributed by atoms with van der Waals surface area (Å²) >= 11 is 1.56. The van der Waals surface area contributed by atoms with Crippen LogP contribution in [0.15, 0.2) is 47.4 Å². The molecule has 0 fully saturated rings. The van der Waals surface area contributed by atoms with E-state index in [1.54, 1.807) is 43.0 Å². The molecule has 2 aromatic carbocycles. The average molecular weight is 423 g/mol. The number of hydrogen-bond acceptors (Lipinski definition) is 6. The number of nitrogens with one attached hydrogen (secondary N) is 1. The number of benzene rings is 2. The van der Waals surface area contributed by atoms with Crippen molar-refractivity contribution < 1.29 is 22.7 Å². The zero-order valence-electron chi connectivity index (χ0n) is 15.8. The van der Waals surface area contributed by atoms with Crippen LogP contribution < -0.4 is 19.1 Å². The molecule has 1 amide bonds. The summed E-state index contributed by atoms with van der Waals surface area (Å²) in [7, 11) is -3.72. The van der Waals surface area contributed by atoms with Crippen molar-refractivity contribution in [3.63, 3.8) is 0 Å².